The van der Waals surface area contributed by atoms with Gasteiger partial charge in [0.05, 0.1) is 16.8 Å². The lowest BCUT2D eigenvalue weighted by atomic mass is 10.0. The van der Waals surface area contributed by atoms with Crippen molar-refractivity contribution in [2.45, 2.75) is 37.4 Å². The lowest BCUT2D eigenvalue weighted by Crippen LogP contribution is -2.29. The zero-order valence-electron chi connectivity index (χ0n) is 9.45. The molecule has 0 radical (unpaired) electrons. The highest BCUT2D eigenvalue weighted by Gasteiger charge is 2.29. The molecule has 0 aromatic rings. The van der Waals surface area contributed by atoms with Crippen LogP contribution >= 0.6 is 0 Å². The van der Waals surface area contributed by atoms with E-state index in [1.54, 1.807) is 0 Å². The van der Waals surface area contributed by atoms with E-state index in [4.69, 9.17) is 5.53 Å². The normalized spacial score (nSPS) is 18.6. The molecule has 1 fully saturated rings. The van der Waals surface area contributed by atoms with Gasteiger partial charge in [-0.25, -0.2) is 16.8 Å². The predicted molar refractivity (Wildman–Crippen MR) is 64.1 cm³/mol. The number of sulfone groups is 2. The van der Waals surface area contributed by atoms with E-state index in [1.165, 1.54) is 0 Å². The second kappa shape index (κ2) is 5.75. The minimum absolute atomic E-state index is 0.378. The zero-order chi connectivity index (χ0) is 12.9. The third-order valence-electron chi connectivity index (χ3n) is 2.92. The van der Waals surface area contributed by atoms with Gasteiger partial charge < -0.3 is 5.53 Å². The first kappa shape index (κ1) is 14.3. The SMILES string of the molecule is [N-]=[N+]=CS(=O)(=O)CCS(=O)(=O)C1CCCCC1. The van der Waals surface area contributed by atoms with E-state index >= 15 is 0 Å². The molecule has 0 aromatic carbocycles. The van der Waals surface area contributed by atoms with E-state index in [0.717, 1.165) is 19.3 Å². The van der Waals surface area contributed by atoms with Gasteiger partial charge in [0.15, 0.2) is 9.84 Å². The summed E-state index contributed by atoms with van der Waals surface area (Å²) in [5, 5.41) is -0.405. The molecule has 0 spiro atoms. The van der Waals surface area contributed by atoms with Gasteiger partial charge in [0, 0.05) is 0 Å². The van der Waals surface area contributed by atoms with Crippen molar-refractivity contribution in [3.8, 4) is 0 Å². The standard InChI is InChI=1S/C9H16N2O4S2/c10-11-8-16(12,13)6-7-17(14,15)9-4-2-1-3-5-9/h8-9H,1-7H2. The van der Waals surface area contributed by atoms with E-state index in [9.17, 15) is 16.8 Å². The molecule has 0 heterocycles. The molecule has 1 aliphatic rings. The highest BCUT2D eigenvalue weighted by atomic mass is 32.2. The summed E-state index contributed by atoms with van der Waals surface area (Å²) in [6.45, 7) is 0. The zero-order valence-corrected chi connectivity index (χ0v) is 11.1. The second-order valence-electron chi connectivity index (χ2n) is 4.21. The Morgan fingerprint density at radius 3 is 2.18 bits per heavy atom. The first-order chi connectivity index (χ1) is 7.87. The number of hydrogen-bond acceptors (Lipinski definition) is 4. The third kappa shape index (κ3) is 4.57. The molecule has 0 saturated heterocycles. The number of rotatable bonds is 5. The van der Waals surface area contributed by atoms with Crippen LogP contribution in [0.4, 0.5) is 0 Å². The van der Waals surface area contributed by atoms with Crippen LogP contribution in [0, 0.1) is 0 Å². The largest absolute Gasteiger partial charge is 0.370 e. The first-order valence-corrected chi connectivity index (χ1v) is 8.92. The first-order valence-electron chi connectivity index (χ1n) is 5.49. The van der Waals surface area contributed by atoms with Crippen molar-refractivity contribution in [1.29, 1.82) is 0 Å². The van der Waals surface area contributed by atoms with Crippen molar-refractivity contribution in [3.63, 3.8) is 0 Å². The molecule has 0 atom stereocenters. The fourth-order valence-corrected chi connectivity index (χ4v) is 5.44. The molecule has 0 unspecified atom stereocenters. The molecule has 0 aromatic heterocycles. The Kier molecular flexibility index (Phi) is 4.85. The monoisotopic (exact) mass is 280 g/mol. The molecule has 1 saturated carbocycles. The van der Waals surface area contributed by atoms with Crippen LogP contribution in [0.5, 0.6) is 0 Å². The lowest BCUT2D eigenvalue weighted by molar-refractivity contribution is 0.00755. The Labute approximate surface area is 101 Å². The highest BCUT2D eigenvalue weighted by Crippen LogP contribution is 2.24. The second-order valence-corrected chi connectivity index (χ2v) is 8.56. The Hall–Kier alpha value is -0.720. The van der Waals surface area contributed by atoms with Crippen LogP contribution in [0.1, 0.15) is 32.1 Å². The number of nitrogens with zero attached hydrogens (tertiary/aromatic N) is 2. The van der Waals surface area contributed by atoms with Crippen LogP contribution < -0.4 is 0 Å². The van der Waals surface area contributed by atoms with Crippen molar-refractivity contribution >= 4 is 25.2 Å². The van der Waals surface area contributed by atoms with Gasteiger partial charge in [-0.3, -0.25) is 0 Å². The topological polar surface area (TPSA) is 105 Å². The van der Waals surface area contributed by atoms with Gasteiger partial charge in [-0.2, -0.15) is 4.79 Å². The molecule has 0 aliphatic heterocycles. The molecule has 17 heavy (non-hydrogen) atoms. The molecular formula is C9H16N2O4S2. The minimum atomic E-state index is -3.72. The van der Waals surface area contributed by atoms with Gasteiger partial charge in [-0.1, -0.05) is 19.3 Å². The van der Waals surface area contributed by atoms with Crippen LogP contribution in [0.3, 0.4) is 0 Å². The van der Waals surface area contributed by atoms with E-state index in [1.807, 2.05) is 0 Å². The summed E-state index contributed by atoms with van der Waals surface area (Å²) in [6, 6.07) is 0. The van der Waals surface area contributed by atoms with Crippen LogP contribution in [0.25, 0.3) is 5.53 Å². The van der Waals surface area contributed by atoms with E-state index in [2.05, 4.69) is 4.79 Å². The lowest BCUT2D eigenvalue weighted by Gasteiger charge is -2.21. The van der Waals surface area contributed by atoms with Gasteiger partial charge in [0.25, 0.3) is 0 Å². The quantitative estimate of drug-likeness (QED) is 0.314. The van der Waals surface area contributed by atoms with Gasteiger partial charge in [0.2, 0.25) is 9.84 Å². The summed E-state index contributed by atoms with van der Waals surface area (Å²) in [7, 11) is -7.08. The summed E-state index contributed by atoms with van der Waals surface area (Å²) in [4.78, 5) is 2.41. The van der Waals surface area contributed by atoms with Crippen LogP contribution in [-0.4, -0.2) is 43.9 Å². The maximum Gasteiger partial charge on any atom is 0.370 e. The van der Waals surface area contributed by atoms with E-state index in [-0.39, 0.29) is 0 Å². The van der Waals surface area contributed by atoms with Crippen molar-refractivity contribution in [1.82, 2.24) is 0 Å². The Morgan fingerprint density at radius 2 is 1.65 bits per heavy atom. The maximum atomic E-state index is 11.9. The van der Waals surface area contributed by atoms with Crippen molar-refractivity contribution < 1.29 is 21.6 Å². The summed E-state index contributed by atoms with van der Waals surface area (Å²) >= 11 is 0. The van der Waals surface area contributed by atoms with Crippen molar-refractivity contribution in [2.24, 2.45) is 0 Å². The van der Waals surface area contributed by atoms with Crippen molar-refractivity contribution in [3.05, 3.63) is 5.53 Å². The Bertz CT molecular complexity index is 497. The number of hydrogen-bond donors (Lipinski definition) is 0. The Balaban J connectivity index is 2.64. The maximum absolute atomic E-state index is 11.9. The molecule has 0 N–H and O–H groups in total. The van der Waals surface area contributed by atoms with E-state index in [0.29, 0.717) is 18.4 Å². The minimum Gasteiger partial charge on any atom is -0.361 e. The van der Waals surface area contributed by atoms with Crippen LogP contribution in [0.2, 0.25) is 0 Å². The molecule has 1 aliphatic carbocycles. The molecular weight excluding hydrogens is 264 g/mol. The molecule has 98 valence electrons. The summed E-state index contributed by atoms with van der Waals surface area (Å²) in [5.41, 5.74) is 8.50. The smallest absolute Gasteiger partial charge is 0.361 e. The molecule has 1 rings (SSSR count). The van der Waals surface area contributed by atoms with E-state index < -0.39 is 36.4 Å². The van der Waals surface area contributed by atoms with Gasteiger partial charge in [0.1, 0.15) is 0 Å². The van der Waals surface area contributed by atoms with Crippen LogP contribution in [-0.2, 0) is 19.7 Å². The fourth-order valence-electron chi connectivity index (χ4n) is 1.95. The van der Waals surface area contributed by atoms with Gasteiger partial charge in [-0.15, -0.1) is 0 Å². The van der Waals surface area contributed by atoms with Crippen molar-refractivity contribution in [2.75, 3.05) is 11.5 Å². The summed E-state index contributed by atoms with van der Waals surface area (Å²) < 4.78 is 46.1. The average Bonchev–Trinajstić information content (AvgIpc) is 2.28. The highest BCUT2D eigenvalue weighted by molar-refractivity contribution is 8.05. The fraction of sp³-hybridized carbons (Fsp3) is 0.889. The molecule has 0 amide bonds. The summed E-state index contributed by atoms with van der Waals surface area (Å²) in [6.07, 6.45) is 4.05. The van der Waals surface area contributed by atoms with Gasteiger partial charge >= 0.3 is 5.55 Å². The molecule has 8 heteroatoms. The van der Waals surface area contributed by atoms with Crippen LogP contribution in [0.15, 0.2) is 0 Å². The molecule has 6 nitrogen and oxygen atoms in total. The van der Waals surface area contributed by atoms with Gasteiger partial charge in [-0.05, 0) is 12.8 Å². The Morgan fingerprint density at radius 1 is 1.06 bits per heavy atom. The average molecular weight is 280 g/mol. The predicted octanol–water partition coefficient (Wildman–Crippen LogP) is 0.407. The third-order valence-corrected chi connectivity index (χ3v) is 6.63. The summed E-state index contributed by atoms with van der Waals surface area (Å²) in [5.74, 6) is -0.915. The molecule has 0 bridgehead atoms.